The molecule has 0 atom stereocenters. The van der Waals surface area contributed by atoms with E-state index in [0.29, 0.717) is 5.56 Å². The molecule has 0 radical (unpaired) electrons. The van der Waals surface area contributed by atoms with Crippen molar-refractivity contribution in [1.82, 2.24) is 0 Å². The zero-order chi connectivity index (χ0) is 44.4. The van der Waals surface area contributed by atoms with E-state index in [9.17, 15) is 0 Å². The molecule has 300 valence electrons. The van der Waals surface area contributed by atoms with Crippen LogP contribution in [0.1, 0.15) is 165 Å². The van der Waals surface area contributed by atoms with Crippen molar-refractivity contribution in [2.75, 3.05) is 9.80 Å². The van der Waals surface area contributed by atoms with Gasteiger partial charge in [-0.05, 0) is 169 Å². The van der Waals surface area contributed by atoms with E-state index < -0.39 is 6.85 Å². The Morgan fingerprint density at radius 3 is 1.60 bits per heavy atom. The van der Waals surface area contributed by atoms with Crippen LogP contribution in [0, 0.1) is 13.8 Å². The lowest BCUT2D eigenvalue weighted by Crippen LogP contribution is -2.61. The van der Waals surface area contributed by atoms with Crippen LogP contribution < -0.4 is 26.2 Å². The topological polar surface area (TPSA) is 6.48 Å². The molecule has 5 aromatic carbocycles. The predicted octanol–water partition coefficient (Wildman–Crippen LogP) is 13.3. The molecule has 2 nitrogen and oxygen atoms in total. The summed E-state index contributed by atoms with van der Waals surface area (Å²) in [6.45, 7) is 32.8. The van der Waals surface area contributed by atoms with Gasteiger partial charge in [-0.1, -0.05) is 133 Å². The summed E-state index contributed by atoms with van der Waals surface area (Å²) < 4.78 is 27.0. The maximum atomic E-state index is 9.01. The molecule has 0 aromatic heterocycles. The Morgan fingerprint density at radius 1 is 0.517 bits per heavy atom. The second-order valence-corrected chi connectivity index (χ2v) is 23.2. The summed E-state index contributed by atoms with van der Waals surface area (Å²) in [5, 5.41) is 0. The summed E-state index contributed by atoms with van der Waals surface area (Å²) >= 11 is 0. The van der Waals surface area contributed by atoms with Crippen LogP contribution in [-0.2, 0) is 32.5 Å². The summed E-state index contributed by atoms with van der Waals surface area (Å²) in [6, 6.07) is 30.1. The van der Waals surface area contributed by atoms with E-state index in [4.69, 9.17) is 4.11 Å². The van der Waals surface area contributed by atoms with Gasteiger partial charge in [0.2, 0.25) is 0 Å². The van der Waals surface area contributed by atoms with E-state index in [1.54, 1.807) is 0 Å². The average Bonchev–Trinajstić information content (AvgIpc) is 3.33. The molecule has 9 rings (SSSR count). The third kappa shape index (κ3) is 5.79. The molecular formula is C55H67BN2. The van der Waals surface area contributed by atoms with Crippen molar-refractivity contribution in [2.24, 2.45) is 0 Å². The minimum absolute atomic E-state index is 0.00329. The highest BCUT2D eigenvalue weighted by molar-refractivity contribution is 7.00. The van der Waals surface area contributed by atoms with E-state index in [-0.39, 0.29) is 39.2 Å². The summed E-state index contributed by atoms with van der Waals surface area (Å²) in [5.41, 5.74) is 19.8. The molecule has 0 fully saturated rings. The largest absolute Gasteiger partial charge is 0.311 e. The van der Waals surface area contributed by atoms with Crippen molar-refractivity contribution < 1.29 is 4.11 Å². The van der Waals surface area contributed by atoms with E-state index in [2.05, 4.69) is 180 Å². The number of fused-ring (bicyclic) bond motifs is 6. The number of benzene rings is 5. The van der Waals surface area contributed by atoms with Crippen LogP contribution in [0.2, 0.25) is 0 Å². The van der Waals surface area contributed by atoms with Crippen LogP contribution in [-0.4, -0.2) is 6.71 Å². The third-order valence-electron chi connectivity index (χ3n) is 14.8. The first-order valence-electron chi connectivity index (χ1n) is 23.4. The second kappa shape index (κ2) is 12.2. The number of rotatable bonds is 2. The van der Waals surface area contributed by atoms with Crippen LogP contribution in [0.4, 0.5) is 34.1 Å². The highest BCUT2D eigenvalue weighted by atomic mass is 15.2. The Hall–Kier alpha value is -4.24. The van der Waals surface area contributed by atoms with Crippen LogP contribution in [0.3, 0.4) is 0 Å². The van der Waals surface area contributed by atoms with Crippen molar-refractivity contribution in [2.45, 2.75) is 162 Å². The smallest absolute Gasteiger partial charge is 0.252 e. The van der Waals surface area contributed by atoms with Crippen LogP contribution in [0.15, 0.2) is 78.9 Å². The minimum Gasteiger partial charge on any atom is -0.311 e. The van der Waals surface area contributed by atoms with Gasteiger partial charge < -0.3 is 9.80 Å². The van der Waals surface area contributed by atoms with E-state index in [1.165, 1.54) is 61.0 Å². The summed E-state index contributed by atoms with van der Waals surface area (Å²) in [6.07, 6.45) is 3.33. The molecule has 0 bridgehead atoms. The Kier molecular flexibility index (Phi) is 7.49. The molecule has 0 saturated heterocycles. The summed E-state index contributed by atoms with van der Waals surface area (Å²) in [4.78, 5) is 4.86. The second-order valence-electron chi connectivity index (χ2n) is 23.2. The normalized spacial score (nSPS) is 20.3. The quantitative estimate of drug-likeness (QED) is 0.162. The van der Waals surface area contributed by atoms with Gasteiger partial charge in [0.05, 0.1) is 0 Å². The van der Waals surface area contributed by atoms with Crippen molar-refractivity contribution in [1.29, 1.82) is 0 Å². The fourth-order valence-corrected chi connectivity index (χ4v) is 11.5. The maximum absolute atomic E-state index is 9.01. The molecular weight excluding hydrogens is 699 g/mol. The van der Waals surface area contributed by atoms with Gasteiger partial charge >= 0.3 is 0 Å². The third-order valence-corrected chi connectivity index (χ3v) is 14.8. The van der Waals surface area contributed by atoms with Gasteiger partial charge in [-0.15, -0.1) is 0 Å². The molecule has 0 saturated carbocycles. The minimum atomic E-state index is -2.33. The van der Waals surface area contributed by atoms with E-state index >= 15 is 0 Å². The van der Waals surface area contributed by atoms with E-state index in [0.717, 1.165) is 47.7 Å². The summed E-state index contributed by atoms with van der Waals surface area (Å²) in [7, 11) is 0. The molecule has 2 aliphatic heterocycles. The fraction of sp³-hybridized carbons (Fsp3) is 0.455. The van der Waals surface area contributed by atoms with Crippen molar-refractivity contribution in [3.05, 3.63) is 123 Å². The number of hydrogen-bond donors (Lipinski definition) is 0. The fourth-order valence-electron chi connectivity index (χ4n) is 11.5. The Labute approximate surface area is 355 Å². The van der Waals surface area contributed by atoms with Gasteiger partial charge in [0.15, 0.2) is 0 Å². The molecule has 4 aliphatic rings. The monoisotopic (exact) mass is 770 g/mol. The average molecular weight is 770 g/mol. The van der Waals surface area contributed by atoms with Crippen LogP contribution in [0.5, 0.6) is 0 Å². The molecule has 58 heavy (non-hydrogen) atoms. The lowest BCUT2D eigenvalue weighted by atomic mass is 9.33. The Bertz CT molecular complexity index is 2650. The predicted molar refractivity (Wildman–Crippen MR) is 253 cm³/mol. The molecule has 0 unspecified atom stereocenters. The Balaban J connectivity index is 1.44. The lowest BCUT2D eigenvalue weighted by Gasteiger charge is -2.46. The lowest BCUT2D eigenvalue weighted by molar-refractivity contribution is 0.332. The number of anilines is 6. The summed E-state index contributed by atoms with van der Waals surface area (Å²) in [5.74, 6) is 0. The van der Waals surface area contributed by atoms with Gasteiger partial charge in [0, 0.05) is 38.2 Å². The SMILES string of the molecule is [2H]C([2H])([2H])c1cc2c3c(c1)N(c1cc4c(cc1C)C(C)(C)CCC4(C)C)c1cc4c(cc1B3c1cc(C(C)(C)C)ccc1N2c1ccc(C(C)(C)C)cc1)C(C)(C)CC4(C)C. The molecule has 0 amide bonds. The zero-order valence-electron chi connectivity index (χ0n) is 41.1. The molecule has 3 heteroatoms. The first-order valence-corrected chi connectivity index (χ1v) is 21.9. The molecule has 5 aromatic rings. The molecule has 2 heterocycles. The van der Waals surface area contributed by atoms with Gasteiger partial charge in [-0.25, -0.2) is 0 Å². The first-order chi connectivity index (χ1) is 28.0. The molecule has 0 N–H and O–H groups in total. The van der Waals surface area contributed by atoms with Gasteiger partial charge in [0.25, 0.3) is 6.71 Å². The highest BCUT2D eigenvalue weighted by Gasteiger charge is 2.49. The van der Waals surface area contributed by atoms with Crippen LogP contribution >= 0.6 is 0 Å². The van der Waals surface area contributed by atoms with Crippen molar-refractivity contribution in [3.63, 3.8) is 0 Å². The van der Waals surface area contributed by atoms with Gasteiger partial charge in [-0.2, -0.15) is 0 Å². The molecule has 2 aliphatic carbocycles. The number of aryl methyl sites for hydroxylation is 2. The van der Waals surface area contributed by atoms with Gasteiger partial charge in [0.1, 0.15) is 0 Å². The number of nitrogens with zero attached hydrogens (tertiary/aromatic N) is 2. The maximum Gasteiger partial charge on any atom is 0.252 e. The van der Waals surface area contributed by atoms with Crippen molar-refractivity contribution >= 4 is 57.2 Å². The van der Waals surface area contributed by atoms with Crippen LogP contribution in [0.25, 0.3) is 0 Å². The Morgan fingerprint density at radius 2 is 1.02 bits per heavy atom. The molecule has 0 spiro atoms. The number of hydrogen-bond acceptors (Lipinski definition) is 2. The first kappa shape index (κ1) is 35.7. The highest BCUT2D eigenvalue weighted by Crippen LogP contribution is 2.54. The van der Waals surface area contributed by atoms with Crippen molar-refractivity contribution in [3.8, 4) is 0 Å². The standard InChI is InChI=1S/C55H67BN2/c1-33-25-47-49-48(26-33)58(45-30-40-38(27-34(45)2)52(9,10)23-24-53(40,11)12)46-31-41-39(54(13,14)32-55(41,15)16)29-43(46)56(49)42-28-36(51(6,7)8)19-22-44(42)57(47)37-20-17-35(18-21-37)50(3,4)5/h17-22,25-31H,23-24,32H2,1-16H3/i1D3. The van der Waals surface area contributed by atoms with E-state index in [1.807, 2.05) is 12.1 Å². The van der Waals surface area contributed by atoms with Gasteiger partial charge in [-0.3, -0.25) is 0 Å². The zero-order valence-corrected chi connectivity index (χ0v) is 38.1.